The van der Waals surface area contributed by atoms with Crippen molar-refractivity contribution in [3.8, 4) is 11.5 Å². The van der Waals surface area contributed by atoms with Crippen LogP contribution in [0.3, 0.4) is 0 Å². The van der Waals surface area contributed by atoms with Gasteiger partial charge in [-0.05, 0) is 31.0 Å². The van der Waals surface area contributed by atoms with E-state index in [1.807, 2.05) is 0 Å². The molecule has 0 radical (unpaired) electrons. The molecule has 1 saturated carbocycles. The number of aromatic hydroxyl groups is 2. The zero-order valence-electron chi connectivity index (χ0n) is 9.90. The summed E-state index contributed by atoms with van der Waals surface area (Å²) in [6.07, 6.45) is 3.86. The first kappa shape index (κ1) is 13.0. The van der Waals surface area contributed by atoms with E-state index in [4.69, 9.17) is 11.6 Å². The molecule has 0 spiro atoms. The lowest BCUT2D eigenvalue weighted by atomic mass is 9.94. The molecule has 0 bridgehead atoms. The number of phenolic OH excluding ortho intramolecular Hbond substituents is 2. The Labute approximate surface area is 111 Å². The molecule has 18 heavy (non-hydrogen) atoms. The van der Waals surface area contributed by atoms with Crippen molar-refractivity contribution in [1.29, 1.82) is 0 Å². The van der Waals surface area contributed by atoms with Gasteiger partial charge in [0.2, 0.25) is 0 Å². The highest BCUT2D eigenvalue weighted by molar-refractivity contribution is 6.21. The summed E-state index contributed by atoms with van der Waals surface area (Å²) in [4.78, 5) is 12.0. The van der Waals surface area contributed by atoms with Gasteiger partial charge in [-0.2, -0.15) is 0 Å². The van der Waals surface area contributed by atoms with Gasteiger partial charge < -0.3 is 15.5 Å². The number of rotatable bonds is 2. The summed E-state index contributed by atoms with van der Waals surface area (Å²) < 4.78 is 0. The number of halogens is 1. The second kappa shape index (κ2) is 5.48. The summed E-state index contributed by atoms with van der Waals surface area (Å²) in [7, 11) is 0. The molecule has 0 saturated heterocycles. The number of amides is 1. The molecule has 0 aliphatic heterocycles. The smallest absolute Gasteiger partial charge is 0.255 e. The largest absolute Gasteiger partial charge is 0.508 e. The third-order valence-electron chi connectivity index (χ3n) is 3.22. The fourth-order valence-corrected chi connectivity index (χ4v) is 2.54. The maximum atomic E-state index is 12.0. The third kappa shape index (κ3) is 2.88. The van der Waals surface area contributed by atoms with Gasteiger partial charge in [-0.15, -0.1) is 11.6 Å². The Morgan fingerprint density at radius 1 is 1.28 bits per heavy atom. The fraction of sp³-hybridized carbons (Fsp3) is 0.462. The van der Waals surface area contributed by atoms with Gasteiger partial charge in [0.25, 0.3) is 5.91 Å². The van der Waals surface area contributed by atoms with E-state index in [0.29, 0.717) is 0 Å². The number of alkyl halides is 1. The van der Waals surface area contributed by atoms with Crippen molar-refractivity contribution >= 4 is 17.5 Å². The van der Waals surface area contributed by atoms with Crippen LogP contribution in [0.1, 0.15) is 36.0 Å². The van der Waals surface area contributed by atoms with Gasteiger partial charge in [-0.1, -0.05) is 12.8 Å². The van der Waals surface area contributed by atoms with E-state index in [2.05, 4.69) is 5.32 Å². The van der Waals surface area contributed by atoms with Crippen molar-refractivity contribution in [2.24, 2.45) is 0 Å². The van der Waals surface area contributed by atoms with Crippen molar-refractivity contribution in [2.45, 2.75) is 37.1 Å². The first-order valence-electron chi connectivity index (χ1n) is 6.05. The van der Waals surface area contributed by atoms with Crippen LogP contribution >= 0.6 is 11.6 Å². The first-order valence-corrected chi connectivity index (χ1v) is 6.48. The van der Waals surface area contributed by atoms with Crippen LogP contribution < -0.4 is 5.32 Å². The van der Waals surface area contributed by atoms with E-state index < -0.39 is 5.91 Å². The highest BCUT2D eigenvalue weighted by Crippen LogP contribution is 2.25. The van der Waals surface area contributed by atoms with E-state index >= 15 is 0 Å². The van der Waals surface area contributed by atoms with Gasteiger partial charge in [0.05, 0.1) is 10.9 Å². The second-order valence-corrected chi connectivity index (χ2v) is 5.14. The molecular weight excluding hydrogens is 254 g/mol. The molecule has 3 N–H and O–H groups in total. The molecule has 1 aromatic rings. The van der Waals surface area contributed by atoms with Crippen LogP contribution in [-0.2, 0) is 0 Å². The van der Waals surface area contributed by atoms with Crippen molar-refractivity contribution in [3.63, 3.8) is 0 Å². The minimum absolute atomic E-state index is 0.0518. The topological polar surface area (TPSA) is 69.6 Å². The maximum absolute atomic E-state index is 12.0. The Kier molecular flexibility index (Phi) is 3.97. The van der Waals surface area contributed by atoms with Crippen LogP contribution in [0.25, 0.3) is 0 Å². The van der Waals surface area contributed by atoms with Crippen LogP contribution in [-0.4, -0.2) is 27.5 Å². The standard InChI is InChI=1S/C13H16ClNO3/c14-10-3-1-2-4-11(10)15-13(18)9-7-8(16)5-6-12(9)17/h5-7,10-11,16-17H,1-4H2,(H,15,18). The quantitative estimate of drug-likeness (QED) is 0.570. The molecule has 5 heteroatoms. The highest BCUT2D eigenvalue weighted by atomic mass is 35.5. The molecule has 1 aliphatic carbocycles. The number of nitrogens with one attached hydrogen (secondary N) is 1. The highest BCUT2D eigenvalue weighted by Gasteiger charge is 2.25. The Morgan fingerprint density at radius 3 is 2.72 bits per heavy atom. The number of hydrogen-bond donors (Lipinski definition) is 3. The average molecular weight is 270 g/mol. The van der Waals surface area contributed by atoms with Crippen LogP contribution in [0.2, 0.25) is 0 Å². The molecule has 1 aromatic carbocycles. The summed E-state index contributed by atoms with van der Waals surface area (Å²) in [5, 5.41) is 21.7. The molecule has 0 aromatic heterocycles. The fourth-order valence-electron chi connectivity index (χ4n) is 2.20. The minimum atomic E-state index is -0.402. The van der Waals surface area contributed by atoms with Gasteiger partial charge in [-0.25, -0.2) is 0 Å². The minimum Gasteiger partial charge on any atom is -0.508 e. The Bertz CT molecular complexity index is 450. The van der Waals surface area contributed by atoms with Crippen LogP contribution in [0.5, 0.6) is 11.5 Å². The predicted molar refractivity (Wildman–Crippen MR) is 69.1 cm³/mol. The van der Waals surface area contributed by atoms with Gasteiger partial charge in [0.15, 0.2) is 0 Å². The van der Waals surface area contributed by atoms with Crippen LogP contribution in [0.4, 0.5) is 0 Å². The van der Waals surface area contributed by atoms with Gasteiger partial charge in [0, 0.05) is 6.04 Å². The van der Waals surface area contributed by atoms with Gasteiger partial charge >= 0.3 is 0 Å². The normalized spacial score (nSPS) is 23.6. The number of benzene rings is 1. The molecular formula is C13H16ClNO3. The zero-order chi connectivity index (χ0) is 13.1. The lowest BCUT2D eigenvalue weighted by Gasteiger charge is -2.27. The number of carbonyl (C=O) groups is 1. The Morgan fingerprint density at radius 2 is 2.00 bits per heavy atom. The van der Waals surface area contributed by atoms with E-state index in [1.165, 1.54) is 18.2 Å². The summed E-state index contributed by atoms with van der Waals surface area (Å²) >= 11 is 6.16. The maximum Gasteiger partial charge on any atom is 0.255 e. The predicted octanol–water partition coefficient (Wildman–Crippen LogP) is 2.38. The number of carbonyl (C=O) groups excluding carboxylic acids is 1. The summed E-state index contributed by atoms with van der Waals surface area (Å²) in [6, 6.07) is 3.80. The molecule has 2 atom stereocenters. The Balaban J connectivity index is 2.09. The van der Waals surface area contributed by atoms with Crippen molar-refractivity contribution < 1.29 is 15.0 Å². The molecule has 1 aliphatic rings. The lowest BCUT2D eigenvalue weighted by molar-refractivity contribution is 0.0925. The summed E-state index contributed by atoms with van der Waals surface area (Å²) in [5.74, 6) is -0.600. The Hall–Kier alpha value is -1.42. The molecule has 1 amide bonds. The van der Waals surface area contributed by atoms with Gasteiger partial charge in [0.1, 0.15) is 11.5 Å². The lowest BCUT2D eigenvalue weighted by Crippen LogP contribution is -2.42. The monoisotopic (exact) mass is 269 g/mol. The summed E-state index contributed by atoms with van der Waals surface area (Å²) in [5.41, 5.74) is 0.0736. The molecule has 2 unspecified atom stereocenters. The van der Waals surface area contributed by atoms with E-state index in [1.54, 1.807) is 0 Å². The van der Waals surface area contributed by atoms with E-state index in [-0.39, 0.29) is 28.5 Å². The van der Waals surface area contributed by atoms with Crippen LogP contribution in [0, 0.1) is 0 Å². The van der Waals surface area contributed by atoms with E-state index in [0.717, 1.165) is 25.7 Å². The zero-order valence-corrected chi connectivity index (χ0v) is 10.7. The van der Waals surface area contributed by atoms with Crippen molar-refractivity contribution in [1.82, 2.24) is 5.32 Å². The molecule has 0 heterocycles. The summed E-state index contributed by atoms with van der Waals surface area (Å²) in [6.45, 7) is 0. The van der Waals surface area contributed by atoms with Crippen molar-refractivity contribution in [3.05, 3.63) is 23.8 Å². The second-order valence-electron chi connectivity index (χ2n) is 4.58. The molecule has 1 fully saturated rings. The van der Waals surface area contributed by atoms with Crippen molar-refractivity contribution in [2.75, 3.05) is 0 Å². The van der Waals surface area contributed by atoms with Gasteiger partial charge in [-0.3, -0.25) is 4.79 Å². The van der Waals surface area contributed by atoms with Crippen LogP contribution in [0.15, 0.2) is 18.2 Å². The third-order valence-corrected chi connectivity index (χ3v) is 3.75. The molecule has 4 nitrogen and oxygen atoms in total. The SMILES string of the molecule is O=C(NC1CCCCC1Cl)c1cc(O)ccc1O. The number of hydrogen-bond acceptors (Lipinski definition) is 3. The molecule has 98 valence electrons. The van der Waals surface area contributed by atoms with E-state index in [9.17, 15) is 15.0 Å². The molecule has 2 rings (SSSR count). The first-order chi connectivity index (χ1) is 8.58. The average Bonchev–Trinajstić information content (AvgIpc) is 2.35. The number of phenols is 2.